The lowest BCUT2D eigenvalue weighted by molar-refractivity contribution is -0.0470. The first-order chi connectivity index (χ1) is 9.49. The van der Waals surface area contributed by atoms with Crippen molar-refractivity contribution in [2.24, 2.45) is 5.92 Å². The Bertz CT molecular complexity index is 341. The van der Waals surface area contributed by atoms with Crippen LogP contribution in [0.1, 0.15) is 54.9 Å². The van der Waals surface area contributed by atoms with Gasteiger partial charge < -0.3 is 14.0 Å². The molecular weight excluding hydrogens is 308 g/mol. The van der Waals surface area contributed by atoms with E-state index in [9.17, 15) is 5.11 Å². The van der Waals surface area contributed by atoms with Crippen LogP contribution >= 0.6 is 0 Å². The van der Waals surface area contributed by atoms with E-state index in [0.29, 0.717) is 18.9 Å². The summed E-state index contributed by atoms with van der Waals surface area (Å²) in [6, 6.07) is 0. The van der Waals surface area contributed by atoms with Crippen molar-refractivity contribution in [1.29, 1.82) is 0 Å². The van der Waals surface area contributed by atoms with Crippen LogP contribution in [0.25, 0.3) is 0 Å². The predicted molar refractivity (Wildman–Crippen MR) is 101 cm³/mol. The van der Waals surface area contributed by atoms with E-state index in [1.807, 2.05) is 0 Å². The normalized spacial score (nSPS) is 17.5. The van der Waals surface area contributed by atoms with E-state index < -0.39 is 22.9 Å². The molecular formula is C17H40O3Si2. The average molecular weight is 349 g/mol. The van der Waals surface area contributed by atoms with E-state index >= 15 is 0 Å². The van der Waals surface area contributed by atoms with Crippen LogP contribution in [-0.2, 0) is 8.85 Å². The fraction of sp³-hybridized carbons (Fsp3) is 1.00. The molecule has 22 heavy (non-hydrogen) atoms. The zero-order valence-corrected chi connectivity index (χ0v) is 18.8. The fourth-order valence-corrected chi connectivity index (χ4v) is 3.81. The molecule has 0 bridgehead atoms. The van der Waals surface area contributed by atoms with Crippen LogP contribution in [0.5, 0.6) is 0 Å². The maximum Gasteiger partial charge on any atom is 0.195 e. The zero-order valence-electron chi connectivity index (χ0n) is 16.8. The number of rotatable bonds is 7. The molecule has 0 aliphatic heterocycles. The second-order valence-electron chi connectivity index (χ2n) is 9.75. The van der Waals surface area contributed by atoms with Gasteiger partial charge in [-0.15, -0.1) is 0 Å². The Labute approximate surface area is 141 Å². The first-order valence-electron chi connectivity index (χ1n) is 8.49. The molecule has 0 rings (SSSR count). The van der Waals surface area contributed by atoms with Gasteiger partial charge in [-0.2, -0.15) is 0 Å². The number of aliphatic hydroxyl groups is 1. The van der Waals surface area contributed by atoms with Crippen molar-refractivity contribution in [3.05, 3.63) is 0 Å². The van der Waals surface area contributed by atoms with Crippen molar-refractivity contribution >= 4 is 16.6 Å². The summed E-state index contributed by atoms with van der Waals surface area (Å²) >= 11 is 0. The van der Waals surface area contributed by atoms with Crippen LogP contribution in [0.3, 0.4) is 0 Å². The van der Waals surface area contributed by atoms with Crippen molar-refractivity contribution in [3.8, 4) is 0 Å². The second-order valence-corrected chi connectivity index (χ2v) is 19.3. The molecule has 2 unspecified atom stereocenters. The third-order valence-corrected chi connectivity index (χ3v) is 14.4. The monoisotopic (exact) mass is 348 g/mol. The molecule has 0 radical (unpaired) electrons. The molecule has 2 atom stereocenters. The SMILES string of the molecule is CC(CO[Si](C)(C)C(C)(C)C)CC(O)O[Si](C)(C)C(C)(C)C. The smallest absolute Gasteiger partial charge is 0.195 e. The minimum Gasteiger partial charge on any atom is -0.417 e. The maximum absolute atomic E-state index is 10.3. The summed E-state index contributed by atoms with van der Waals surface area (Å²) < 4.78 is 12.3. The van der Waals surface area contributed by atoms with Crippen LogP contribution in [0, 0.1) is 5.92 Å². The lowest BCUT2D eigenvalue weighted by Crippen LogP contribution is -2.45. The largest absolute Gasteiger partial charge is 0.417 e. The van der Waals surface area contributed by atoms with Gasteiger partial charge in [-0.3, -0.25) is 0 Å². The third-order valence-electron chi connectivity index (χ3n) is 5.38. The number of hydrogen-bond donors (Lipinski definition) is 1. The molecule has 0 aromatic carbocycles. The molecule has 0 fully saturated rings. The summed E-state index contributed by atoms with van der Waals surface area (Å²) in [5, 5.41) is 10.6. The van der Waals surface area contributed by atoms with E-state index in [0.717, 1.165) is 0 Å². The van der Waals surface area contributed by atoms with E-state index in [2.05, 4.69) is 74.7 Å². The Morgan fingerprint density at radius 1 is 0.864 bits per heavy atom. The Balaban J connectivity index is 4.42. The first-order valence-corrected chi connectivity index (χ1v) is 14.3. The standard InChI is InChI=1S/C17H40O3Si2/c1-14(13-19-21(8,9)16(2,3)4)12-15(18)20-22(10,11)17(5,6)7/h14-15,18H,12-13H2,1-11H3. The molecule has 0 aliphatic rings. The van der Waals surface area contributed by atoms with Crippen molar-refractivity contribution < 1.29 is 14.0 Å². The first kappa shape index (κ1) is 22.3. The molecule has 0 aliphatic carbocycles. The van der Waals surface area contributed by atoms with Crippen LogP contribution < -0.4 is 0 Å². The highest BCUT2D eigenvalue weighted by Gasteiger charge is 2.40. The predicted octanol–water partition coefficient (Wildman–Crippen LogP) is 5.37. The van der Waals surface area contributed by atoms with Crippen molar-refractivity contribution in [2.75, 3.05) is 6.61 Å². The molecule has 0 amide bonds. The molecule has 3 nitrogen and oxygen atoms in total. The highest BCUT2D eigenvalue weighted by molar-refractivity contribution is 6.74. The fourth-order valence-electron chi connectivity index (χ4n) is 1.54. The Morgan fingerprint density at radius 3 is 1.64 bits per heavy atom. The highest BCUT2D eigenvalue weighted by Crippen LogP contribution is 2.38. The summed E-state index contributed by atoms with van der Waals surface area (Å²) in [4.78, 5) is 0. The van der Waals surface area contributed by atoms with Gasteiger partial charge in [0.25, 0.3) is 0 Å². The minimum absolute atomic E-state index is 0.120. The van der Waals surface area contributed by atoms with Crippen LogP contribution in [0.15, 0.2) is 0 Å². The molecule has 0 spiro atoms. The number of hydrogen-bond acceptors (Lipinski definition) is 3. The van der Waals surface area contributed by atoms with Gasteiger partial charge in [-0.25, -0.2) is 0 Å². The lowest BCUT2D eigenvalue weighted by atomic mass is 10.1. The summed E-state index contributed by atoms with van der Waals surface area (Å²) in [5.41, 5.74) is 0. The van der Waals surface area contributed by atoms with E-state index in [-0.39, 0.29) is 10.1 Å². The van der Waals surface area contributed by atoms with Crippen molar-refractivity contribution in [1.82, 2.24) is 0 Å². The molecule has 0 saturated heterocycles. The Morgan fingerprint density at radius 2 is 1.27 bits per heavy atom. The van der Waals surface area contributed by atoms with E-state index in [4.69, 9.17) is 8.85 Å². The summed E-state index contributed by atoms with van der Waals surface area (Å²) in [7, 11) is -3.62. The third kappa shape index (κ3) is 6.83. The second kappa shape index (κ2) is 7.47. The topological polar surface area (TPSA) is 38.7 Å². The van der Waals surface area contributed by atoms with Gasteiger partial charge in [0.2, 0.25) is 0 Å². The molecule has 134 valence electrons. The van der Waals surface area contributed by atoms with Gasteiger partial charge in [0, 0.05) is 13.0 Å². The van der Waals surface area contributed by atoms with Crippen LogP contribution in [0.4, 0.5) is 0 Å². The molecule has 0 heterocycles. The van der Waals surface area contributed by atoms with Crippen molar-refractivity contribution in [3.63, 3.8) is 0 Å². The van der Waals surface area contributed by atoms with Crippen molar-refractivity contribution in [2.45, 2.75) is 97.4 Å². The number of aliphatic hydroxyl groups excluding tert-OH is 1. The van der Waals surface area contributed by atoms with Crippen LogP contribution in [-0.4, -0.2) is 34.6 Å². The quantitative estimate of drug-likeness (QED) is 0.496. The molecule has 0 aromatic heterocycles. The zero-order chi connectivity index (χ0) is 18.0. The summed E-state index contributed by atoms with van der Waals surface area (Å²) in [5.74, 6) is 0.300. The van der Waals surface area contributed by atoms with Gasteiger partial charge in [-0.05, 0) is 42.2 Å². The van der Waals surface area contributed by atoms with Gasteiger partial charge in [0.1, 0.15) is 6.29 Å². The highest BCUT2D eigenvalue weighted by atomic mass is 28.4. The molecule has 0 aromatic rings. The lowest BCUT2D eigenvalue weighted by Gasteiger charge is -2.39. The van der Waals surface area contributed by atoms with Gasteiger partial charge in [-0.1, -0.05) is 48.5 Å². The van der Waals surface area contributed by atoms with Gasteiger partial charge in [0.15, 0.2) is 16.6 Å². The minimum atomic E-state index is -1.91. The maximum atomic E-state index is 10.3. The van der Waals surface area contributed by atoms with Gasteiger partial charge in [0.05, 0.1) is 0 Å². The Hall–Kier alpha value is 0.314. The molecule has 5 heteroatoms. The molecule has 0 saturated carbocycles. The summed E-state index contributed by atoms with van der Waals surface area (Å²) in [6.07, 6.45) is -0.0416. The van der Waals surface area contributed by atoms with E-state index in [1.165, 1.54) is 0 Å². The van der Waals surface area contributed by atoms with E-state index in [1.54, 1.807) is 0 Å². The molecule has 1 N–H and O–H groups in total. The van der Waals surface area contributed by atoms with Gasteiger partial charge >= 0.3 is 0 Å². The van der Waals surface area contributed by atoms with Crippen LogP contribution in [0.2, 0.25) is 36.3 Å². The Kier molecular flexibility index (Phi) is 7.58. The summed E-state index contributed by atoms with van der Waals surface area (Å²) in [6.45, 7) is 25.0. The average Bonchev–Trinajstić information content (AvgIpc) is 2.22.